The molecule has 0 fully saturated rings. The van der Waals surface area contributed by atoms with Gasteiger partial charge in [-0.2, -0.15) is 9.37 Å². The van der Waals surface area contributed by atoms with Crippen LogP contribution >= 0.6 is 0 Å². The molecule has 6 heteroatoms. The molecule has 0 saturated carbocycles. The van der Waals surface area contributed by atoms with E-state index in [4.69, 9.17) is 9.47 Å². The number of ether oxygens (including phenoxy) is 2. The van der Waals surface area contributed by atoms with Crippen molar-refractivity contribution < 1.29 is 13.9 Å². The largest absolute Gasteiger partial charge is 0.473 e. The van der Waals surface area contributed by atoms with Crippen LogP contribution in [0.4, 0.5) is 10.3 Å². The van der Waals surface area contributed by atoms with Crippen LogP contribution in [0.1, 0.15) is 13.3 Å². The summed E-state index contributed by atoms with van der Waals surface area (Å²) in [6.07, 6.45) is 2.02. The van der Waals surface area contributed by atoms with Gasteiger partial charge in [0.2, 0.25) is 11.8 Å². The van der Waals surface area contributed by atoms with Gasteiger partial charge in [0.25, 0.3) is 5.88 Å². The molecule has 1 aromatic heterocycles. The molecule has 0 unspecified atom stereocenters. The molecule has 0 spiro atoms. The summed E-state index contributed by atoms with van der Waals surface area (Å²) in [5.74, 6) is -0.306. The molecule has 1 rings (SSSR count). The van der Waals surface area contributed by atoms with E-state index in [1.807, 2.05) is 6.92 Å². The van der Waals surface area contributed by atoms with Crippen molar-refractivity contribution in [3.05, 3.63) is 12.0 Å². The van der Waals surface area contributed by atoms with E-state index in [0.717, 1.165) is 12.6 Å². The fourth-order valence-corrected chi connectivity index (χ4v) is 1.02. The van der Waals surface area contributed by atoms with Gasteiger partial charge in [-0.15, -0.1) is 0 Å². The SMILES string of the molecule is CCCOCCOc1nc(NC)ncc1F. The van der Waals surface area contributed by atoms with Gasteiger partial charge in [-0.25, -0.2) is 4.98 Å². The summed E-state index contributed by atoms with van der Waals surface area (Å²) in [5.41, 5.74) is 0. The number of hydrogen-bond acceptors (Lipinski definition) is 5. The maximum absolute atomic E-state index is 13.2. The zero-order valence-corrected chi connectivity index (χ0v) is 9.49. The van der Waals surface area contributed by atoms with Gasteiger partial charge in [-0.05, 0) is 6.42 Å². The number of rotatable bonds is 7. The van der Waals surface area contributed by atoms with Crippen LogP contribution in [-0.2, 0) is 4.74 Å². The van der Waals surface area contributed by atoms with Crippen molar-refractivity contribution in [2.24, 2.45) is 0 Å². The highest BCUT2D eigenvalue weighted by Gasteiger charge is 2.06. The number of aromatic nitrogens is 2. The smallest absolute Gasteiger partial charge is 0.255 e. The summed E-state index contributed by atoms with van der Waals surface area (Å²) < 4.78 is 23.5. The van der Waals surface area contributed by atoms with Crippen LogP contribution in [0.2, 0.25) is 0 Å². The summed E-state index contributed by atoms with van der Waals surface area (Å²) >= 11 is 0. The van der Waals surface area contributed by atoms with Gasteiger partial charge in [-0.1, -0.05) is 6.92 Å². The lowest BCUT2D eigenvalue weighted by Crippen LogP contribution is -2.10. The van der Waals surface area contributed by atoms with Crippen molar-refractivity contribution in [1.29, 1.82) is 0 Å². The molecule has 0 aliphatic rings. The summed E-state index contributed by atoms with van der Waals surface area (Å²) in [6.45, 7) is 3.39. The molecule has 1 N–H and O–H groups in total. The second kappa shape index (κ2) is 6.95. The molecular formula is C10H16FN3O2. The second-order valence-electron chi connectivity index (χ2n) is 3.06. The predicted octanol–water partition coefficient (Wildman–Crippen LogP) is 1.46. The van der Waals surface area contributed by atoms with E-state index in [9.17, 15) is 4.39 Å². The number of anilines is 1. The van der Waals surface area contributed by atoms with Crippen molar-refractivity contribution in [1.82, 2.24) is 9.97 Å². The zero-order chi connectivity index (χ0) is 11.8. The average molecular weight is 229 g/mol. The maximum atomic E-state index is 13.2. The van der Waals surface area contributed by atoms with Gasteiger partial charge in [-0.3, -0.25) is 0 Å². The Morgan fingerprint density at radius 3 is 2.88 bits per heavy atom. The Hall–Kier alpha value is -1.43. The van der Waals surface area contributed by atoms with Gasteiger partial charge >= 0.3 is 0 Å². The van der Waals surface area contributed by atoms with Gasteiger partial charge < -0.3 is 14.8 Å². The minimum absolute atomic E-state index is 0.0561. The van der Waals surface area contributed by atoms with Crippen molar-refractivity contribution in [3.63, 3.8) is 0 Å². The standard InChI is InChI=1S/C10H16FN3O2/c1-3-4-15-5-6-16-9-8(11)7-13-10(12-2)14-9/h7H,3-6H2,1-2H3,(H,12,13,14). The maximum Gasteiger partial charge on any atom is 0.255 e. The van der Waals surface area contributed by atoms with E-state index >= 15 is 0 Å². The Labute approximate surface area is 94.0 Å². The van der Waals surface area contributed by atoms with Crippen LogP contribution in [0.25, 0.3) is 0 Å². The third kappa shape index (κ3) is 3.98. The monoisotopic (exact) mass is 229 g/mol. The Bertz CT molecular complexity index is 323. The highest BCUT2D eigenvalue weighted by molar-refractivity contribution is 5.27. The highest BCUT2D eigenvalue weighted by atomic mass is 19.1. The van der Waals surface area contributed by atoms with Crippen molar-refractivity contribution in [2.75, 3.05) is 32.2 Å². The third-order valence-electron chi connectivity index (χ3n) is 1.75. The van der Waals surface area contributed by atoms with E-state index in [1.54, 1.807) is 7.05 Å². The molecule has 16 heavy (non-hydrogen) atoms. The molecule has 0 aliphatic carbocycles. The normalized spacial score (nSPS) is 10.2. The lowest BCUT2D eigenvalue weighted by molar-refractivity contribution is 0.0973. The first-order chi connectivity index (χ1) is 7.77. The van der Waals surface area contributed by atoms with E-state index in [-0.39, 0.29) is 12.5 Å². The molecule has 0 aromatic carbocycles. The Balaban J connectivity index is 2.40. The van der Waals surface area contributed by atoms with E-state index in [2.05, 4.69) is 15.3 Å². The second-order valence-corrected chi connectivity index (χ2v) is 3.06. The molecule has 0 atom stereocenters. The van der Waals surface area contributed by atoms with Crippen LogP contribution < -0.4 is 10.1 Å². The first kappa shape index (κ1) is 12.6. The number of hydrogen-bond donors (Lipinski definition) is 1. The lowest BCUT2D eigenvalue weighted by atomic mass is 10.5. The molecular weight excluding hydrogens is 213 g/mol. The molecule has 0 saturated heterocycles. The first-order valence-corrected chi connectivity index (χ1v) is 5.18. The van der Waals surface area contributed by atoms with Crippen LogP contribution in [0.3, 0.4) is 0 Å². The fourth-order valence-electron chi connectivity index (χ4n) is 1.02. The van der Waals surface area contributed by atoms with Crippen LogP contribution in [0.5, 0.6) is 5.88 Å². The molecule has 1 heterocycles. The summed E-state index contributed by atoms with van der Waals surface area (Å²) in [5, 5.41) is 2.71. The topological polar surface area (TPSA) is 56.3 Å². The molecule has 0 bridgehead atoms. The first-order valence-electron chi connectivity index (χ1n) is 5.18. The van der Waals surface area contributed by atoms with E-state index in [0.29, 0.717) is 19.2 Å². The van der Waals surface area contributed by atoms with Crippen LogP contribution in [0, 0.1) is 5.82 Å². The summed E-state index contributed by atoms with van der Waals surface area (Å²) in [4.78, 5) is 7.54. The summed E-state index contributed by atoms with van der Waals surface area (Å²) in [7, 11) is 1.65. The number of halogens is 1. The molecule has 90 valence electrons. The molecule has 5 nitrogen and oxygen atoms in total. The summed E-state index contributed by atoms with van der Waals surface area (Å²) in [6, 6.07) is 0. The number of nitrogens with one attached hydrogen (secondary N) is 1. The fraction of sp³-hybridized carbons (Fsp3) is 0.600. The quantitative estimate of drug-likeness (QED) is 0.717. The predicted molar refractivity (Wildman–Crippen MR) is 58.1 cm³/mol. The molecule has 0 amide bonds. The average Bonchev–Trinajstić information content (AvgIpc) is 2.31. The minimum atomic E-state index is -0.575. The molecule has 0 radical (unpaired) electrons. The van der Waals surface area contributed by atoms with Gasteiger partial charge in [0.15, 0.2) is 0 Å². The molecule has 1 aromatic rings. The molecule has 0 aliphatic heterocycles. The van der Waals surface area contributed by atoms with Gasteiger partial charge in [0.05, 0.1) is 12.8 Å². The van der Waals surface area contributed by atoms with Crippen molar-refractivity contribution >= 4 is 5.95 Å². The third-order valence-corrected chi connectivity index (χ3v) is 1.75. The van der Waals surface area contributed by atoms with Crippen molar-refractivity contribution in [3.8, 4) is 5.88 Å². The van der Waals surface area contributed by atoms with E-state index in [1.165, 1.54) is 0 Å². The van der Waals surface area contributed by atoms with Gasteiger partial charge in [0, 0.05) is 13.7 Å². The van der Waals surface area contributed by atoms with E-state index < -0.39 is 5.82 Å². The van der Waals surface area contributed by atoms with Crippen LogP contribution in [0.15, 0.2) is 6.20 Å². The van der Waals surface area contributed by atoms with Gasteiger partial charge in [0.1, 0.15) is 6.61 Å². The Kier molecular flexibility index (Phi) is 5.49. The van der Waals surface area contributed by atoms with Crippen LogP contribution in [-0.4, -0.2) is 36.8 Å². The highest BCUT2D eigenvalue weighted by Crippen LogP contribution is 2.13. The zero-order valence-electron chi connectivity index (χ0n) is 9.49. The Morgan fingerprint density at radius 2 is 2.19 bits per heavy atom. The number of nitrogens with zero attached hydrogens (tertiary/aromatic N) is 2. The lowest BCUT2D eigenvalue weighted by Gasteiger charge is -2.07. The Morgan fingerprint density at radius 1 is 1.38 bits per heavy atom. The minimum Gasteiger partial charge on any atom is -0.473 e. The van der Waals surface area contributed by atoms with Crippen molar-refractivity contribution in [2.45, 2.75) is 13.3 Å².